The van der Waals surface area contributed by atoms with Crippen molar-refractivity contribution in [3.63, 3.8) is 0 Å². The van der Waals surface area contributed by atoms with Crippen molar-refractivity contribution in [2.75, 3.05) is 27.7 Å². The molecule has 1 saturated heterocycles. The van der Waals surface area contributed by atoms with Crippen LogP contribution in [0, 0.1) is 0 Å². The van der Waals surface area contributed by atoms with Crippen molar-refractivity contribution in [3.05, 3.63) is 0 Å². The number of nitrogens with zero attached hydrogens (tertiary/aromatic N) is 1. The number of hydrogen-bond donors (Lipinski definition) is 0. The van der Waals surface area contributed by atoms with Gasteiger partial charge in [-0.25, -0.2) is 0 Å². The van der Waals surface area contributed by atoms with E-state index in [4.69, 9.17) is 4.74 Å². The summed E-state index contributed by atoms with van der Waals surface area (Å²) in [6.07, 6.45) is 0. The highest BCUT2D eigenvalue weighted by Gasteiger charge is 2.52. The van der Waals surface area contributed by atoms with Gasteiger partial charge >= 0.3 is 0 Å². The Kier molecular flexibility index (Phi) is 2.32. The van der Waals surface area contributed by atoms with Crippen LogP contribution in [0.5, 0.6) is 0 Å². The Labute approximate surface area is 67.2 Å². The summed E-state index contributed by atoms with van der Waals surface area (Å²) in [6.45, 7) is 3.05. The van der Waals surface area contributed by atoms with Crippen LogP contribution in [0.3, 0.4) is 0 Å². The minimum atomic E-state index is 0. The average Bonchev–Trinajstić information content (AvgIpc) is 2.16. The highest BCUT2D eigenvalue weighted by atomic mass is 79.9. The van der Waals surface area contributed by atoms with Gasteiger partial charge in [0.25, 0.3) is 0 Å². The topological polar surface area (TPSA) is 12.5 Å². The monoisotopic (exact) mass is 195 g/mol. The Morgan fingerprint density at radius 1 is 1.33 bits per heavy atom. The van der Waals surface area contributed by atoms with E-state index in [0.717, 1.165) is 11.1 Å². The quantitative estimate of drug-likeness (QED) is 0.332. The molecular weight excluding hydrogens is 182 g/mol. The Balaban J connectivity index is 0.000000640. The molecule has 0 spiro atoms. The van der Waals surface area contributed by atoms with Crippen LogP contribution < -0.4 is 17.0 Å². The zero-order chi connectivity index (χ0) is 6.41. The molecule has 1 aliphatic rings. The van der Waals surface area contributed by atoms with E-state index >= 15 is 0 Å². The number of hydrogen-bond acceptors (Lipinski definition) is 1. The van der Waals surface area contributed by atoms with Crippen LogP contribution in [0.2, 0.25) is 0 Å². The van der Waals surface area contributed by atoms with Crippen LogP contribution in [0.1, 0.15) is 6.92 Å². The van der Waals surface area contributed by atoms with E-state index in [2.05, 4.69) is 28.1 Å². The van der Waals surface area contributed by atoms with Crippen LogP contribution >= 0.6 is 0 Å². The fourth-order valence-electron chi connectivity index (χ4n) is 0.492. The number of epoxide rings is 1. The summed E-state index contributed by atoms with van der Waals surface area (Å²) in [6, 6.07) is 0. The van der Waals surface area contributed by atoms with Crippen LogP contribution in [0.25, 0.3) is 0 Å². The summed E-state index contributed by atoms with van der Waals surface area (Å²) in [5.41, 5.74) is 0.125. The molecule has 1 heterocycles. The maximum absolute atomic E-state index is 5.23. The molecule has 0 aromatic heterocycles. The van der Waals surface area contributed by atoms with Gasteiger partial charge in [0.05, 0.1) is 21.1 Å². The number of rotatable bonds is 1. The first-order chi connectivity index (χ1) is 3.46. The highest BCUT2D eigenvalue weighted by molar-refractivity contribution is 4.74. The lowest BCUT2D eigenvalue weighted by molar-refractivity contribution is -0.916. The van der Waals surface area contributed by atoms with E-state index in [9.17, 15) is 0 Å². The number of halogens is 1. The fourth-order valence-corrected chi connectivity index (χ4v) is 0.492. The van der Waals surface area contributed by atoms with Gasteiger partial charge in [-0.05, 0) is 0 Å². The third-order valence-corrected chi connectivity index (χ3v) is 1.98. The molecular formula is C6H14BrNO. The van der Waals surface area contributed by atoms with Crippen LogP contribution in [-0.4, -0.2) is 38.0 Å². The smallest absolute Gasteiger partial charge is 0.224 e. The highest BCUT2D eigenvalue weighted by Crippen LogP contribution is 2.32. The van der Waals surface area contributed by atoms with E-state index in [1.807, 2.05) is 0 Å². The summed E-state index contributed by atoms with van der Waals surface area (Å²) in [5, 5.41) is 0. The van der Waals surface area contributed by atoms with Crippen molar-refractivity contribution in [2.24, 2.45) is 0 Å². The summed E-state index contributed by atoms with van der Waals surface area (Å²) in [5.74, 6) is 0. The van der Waals surface area contributed by atoms with Gasteiger partial charge in [-0.3, -0.25) is 0 Å². The lowest BCUT2D eigenvalue weighted by Crippen LogP contribution is -3.00. The number of ether oxygens (including phenoxy) is 1. The van der Waals surface area contributed by atoms with E-state index in [0.29, 0.717) is 0 Å². The van der Waals surface area contributed by atoms with E-state index < -0.39 is 0 Å². The zero-order valence-electron chi connectivity index (χ0n) is 6.44. The molecule has 1 rings (SSSR count). The Morgan fingerprint density at radius 2 is 1.67 bits per heavy atom. The van der Waals surface area contributed by atoms with E-state index in [1.54, 1.807) is 0 Å². The Morgan fingerprint density at radius 3 is 1.67 bits per heavy atom. The predicted molar refractivity (Wildman–Crippen MR) is 32.4 cm³/mol. The largest absolute Gasteiger partial charge is 1.00 e. The van der Waals surface area contributed by atoms with E-state index in [-0.39, 0.29) is 22.7 Å². The zero-order valence-corrected chi connectivity index (χ0v) is 8.03. The average molecular weight is 196 g/mol. The molecule has 0 aliphatic carbocycles. The molecule has 0 radical (unpaired) electrons. The molecule has 0 aromatic carbocycles. The van der Waals surface area contributed by atoms with Crippen molar-refractivity contribution in [2.45, 2.75) is 12.6 Å². The van der Waals surface area contributed by atoms with Gasteiger partial charge in [-0.15, -0.1) is 0 Å². The fraction of sp³-hybridized carbons (Fsp3) is 1.00. The minimum Gasteiger partial charge on any atom is -1.00 e. The van der Waals surface area contributed by atoms with Gasteiger partial charge in [-0.1, -0.05) is 0 Å². The van der Waals surface area contributed by atoms with Crippen molar-refractivity contribution in [3.8, 4) is 0 Å². The van der Waals surface area contributed by atoms with Crippen LogP contribution in [0.4, 0.5) is 0 Å². The van der Waals surface area contributed by atoms with Gasteiger partial charge in [0.15, 0.2) is 0 Å². The van der Waals surface area contributed by atoms with Gasteiger partial charge in [0.1, 0.15) is 6.61 Å². The molecule has 1 fully saturated rings. The molecule has 0 bridgehead atoms. The SMILES string of the molecule is CC1([N+](C)(C)C)CO1.[Br-]. The van der Waals surface area contributed by atoms with Gasteiger partial charge in [0, 0.05) is 6.92 Å². The lowest BCUT2D eigenvalue weighted by Gasteiger charge is -2.28. The molecule has 0 aromatic rings. The maximum atomic E-state index is 5.23. The molecule has 56 valence electrons. The molecule has 1 unspecified atom stereocenters. The third kappa shape index (κ3) is 1.66. The maximum Gasteiger partial charge on any atom is 0.224 e. The standard InChI is InChI=1S/C6H14NO.BrH/c1-6(5-8-6)7(2,3)4;/h5H2,1-4H3;1H/q+1;/p-1. The van der Waals surface area contributed by atoms with Crippen molar-refractivity contribution in [1.82, 2.24) is 0 Å². The summed E-state index contributed by atoms with van der Waals surface area (Å²) < 4.78 is 6.14. The summed E-state index contributed by atoms with van der Waals surface area (Å²) in [7, 11) is 6.44. The molecule has 2 nitrogen and oxygen atoms in total. The lowest BCUT2D eigenvalue weighted by atomic mass is 10.3. The summed E-state index contributed by atoms with van der Waals surface area (Å²) >= 11 is 0. The molecule has 9 heavy (non-hydrogen) atoms. The molecule has 1 atom stereocenters. The first-order valence-corrected chi connectivity index (χ1v) is 2.91. The predicted octanol–water partition coefficient (Wildman–Crippen LogP) is -2.56. The van der Waals surface area contributed by atoms with Crippen LogP contribution in [0.15, 0.2) is 0 Å². The summed E-state index contributed by atoms with van der Waals surface area (Å²) in [4.78, 5) is 0. The van der Waals surface area contributed by atoms with Crippen molar-refractivity contribution < 1.29 is 26.2 Å². The first kappa shape index (κ1) is 9.40. The van der Waals surface area contributed by atoms with Crippen molar-refractivity contribution >= 4 is 0 Å². The normalized spacial score (nSPS) is 33.3. The van der Waals surface area contributed by atoms with Gasteiger partial charge < -0.3 is 26.2 Å². The van der Waals surface area contributed by atoms with Crippen molar-refractivity contribution in [1.29, 1.82) is 0 Å². The molecule has 1 aliphatic heterocycles. The second-order valence-corrected chi connectivity index (χ2v) is 3.48. The Hall–Kier alpha value is 0.400. The number of likely N-dealkylation sites (N-methyl/N-ethyl adjacent to an activating group) is 1. The molecule has 0 amide bonds. The number of quaternary nitrogens is 1. The Bertz CT molecular complexity index is 101. The third-order valence-electron chi connectivity index (χ3n) is 1.98. The van der Waals surface area contributed by atoms with E-state index in [1.165, 1.54) is 0 Å². The second-order valence-electron chi connectivity index (χ2n) is 3.48. The van der Waals surface area contributed by atoms with Gasteiger partial charge in [-0.2, -0.15) is 0 Å². The molecule has 0 saturated carbocycles. The first-order valence-electron chi connectivity index (χ1n) is 2.91. The minimum absolute atomic E-state index is 0. The molecule has 0 N–H and O–H groups in total. The van der Waals surface area contributed by atoms with Gasteiger partial charge in [0.2, 0.25) is 5.72 Å². The molecule has 3 heteroatoms. The van der Waals surface area contributed by atoms with Crippen LogP contribution in [-0.2, 0) is 4.74 Å². The second kappa shape index (κ2) is 2.22.